The highest BCUT2D eigenvalue weighted by atomic mass is 32.1. The smallest absolute Gasteiger partial charge is 0.262 e. The zero-order valence-corrected chi connectivity index (χ0v) is 15.4. The standard InChI is InChI=1S/C19H21N3O2S/c1-13(14-7-5-4-6-8-14)16-11-15-18(25-16)20-12-22(19(15)24)10-9-17(23)21(2)3/h4-8,11-13H,9-10H2,1-3H3/t13-/m1/s1. The van der Waals surface area contributed by atoms with E-state index < -0.39 is 0 Å². The van der Waals surface area contributed by atoms with Gasteiger partial charge in [-0.05, 0) is 11.6 Å². The maximum Gasteiger partial charge on any atom is 0.262 e. The maximum atomic E-state index is 12.7. The van der Waals surface area contributed by atoms with Crippen molar-refractivity contribution >= 4 is 27.5 Å². The van der Waals surface area contributed by atoms with Crippen molar-refractivity contribution in [3.63, 3.8) is 0 Å². The summed E-state index contributed by atoms with van der Waals surface area (Å²) >= 11 is 1.55. The Hall–Kier alpha value is -2.47. The van der Waals surface area contributed by atoms with E-state index >= 15 is 0 Å². The van der Waals surface area contributed by atoms with Gasteiger partial charge in [0.1, 0.15) is 4.83 Å². The van der Waals surface area contributed by atoms with Gasteiger partial charge in [-0.2, -0.15) is 0 Å². The SMILES string of the molecule is C[C@H](c1ccccc1)c1cc2c(=O)n(CCC(=O)N(C)C)cnc2s1. The van der Waals surface area contributed by atoms with E-state index in [1.54, 1.807) is 31.8 Å². The van der Waals surface area contributed by atoms with Crippen LogP contribution in [0.4, 0.5) is 0 Å². The first-order valence-corrected chi connectivity index (χ1v) is 9.03. The van der Waals surface area contributed by atoms with Gasteiger partial charge < -0.3 is 4.90 Å². The normalized spacial score (nSPS) is 12.3. The van der Waals surface area contributed by atoms with Crippen LogP contribution in [0.2, 0.25) is 0 Å². The van der Waals surface area contributed by atoms with Crippen LogP contribution in [0.25, 0.3) is 10.2 Å². The molecule has 0 N–H and O–H groups in total. The lowest BCUT2D eigenvalue weighted by Crippen LogP contribution is -2.26. The molecule has 0 radical (unpaired) electrons. The molecule has 3 aromatic rings. The molecule has 25 heavy (non-hydrogen) atoms. The first-order chi connectivity index (χ1) is 12.0. The van der Waals surface area contributed by atoms with E-state index in [-0.39, 0.29) is 23.8 Å². The Morgan fingerprint density at radius 3 is 2.68 bits per heavy atom. The van der Waals surface area contributed by atoms with Crippen LogP contribution < -0.4 is 5.56 Å². The van der Waals surface area contributed by atoms with E-state index in [9.17, 15) is 9.59 Å². The molecule has 0 fully saturated rings. The summed E-state index contributed by atoms with van der Waals surface area (Å²) in [6.45, 7) is 2.48. The van der Waals surface area contributed by atoms with E-state index in [1.165, 1.54) is 15.0 Å². The molecule has 130 valence electrons. The first kappa shape index (κ1) is 17.4. The minimum atomic E-state index is -0.0840. The molecule has 1 amide bonds. The molecular weight excluding hydrogens is 334 g/mol. The van der Waals surface area contributed by atoms with E-state index in [2.05, 4.69) is 24.0 Å². The summed E-state index contributed by atoms with van der Waals surface area (Å²) in [6, 6.07) is 12.2. The van der Waals surface area contributed by atoms with Crippen molar-refractivity contribution in [3.05, 3.63) is 63.5 Å². The van der Waals surface area contributed by atoms with Crippen molar-refractivity contribution in [2.45, 2.75) is 25.8 Å². The highest BCUT2D eigenvalue weighted by Crippen LogP contribution is 2.32. The quantitative estimate of drug-likeness (QED) is 0.707. The molecule has 2 aromatic heterocycles. The molecular formula is C19H21N3O2S. The number of hydrogen-bond acceptors (Lipinski definition) is 4. The number of carbonyl (C=O) groups excluding carboxylic acids is 1. The van der Waals surface area contributed by atoms with Gasteiger partial charge in [0.05, 0.1) is 11.7 Å². The Kier molecular flexibility index (Phi) is 4.99. The van der Waals surface area contributed by atoms with E-state index in [1.807, 2.05) is 24.3 Å². The summed E-state index contributed by atoms with van der Waals surface area (Å²) < 4.78 is 1.52. The number of hydrogen-bond donors (Lipinski definition) is 0. The van der Waals surface area contributed by atoms with Crippen LogP contribution in [0.3, 0.4) is 0 Å². The number of nitrogens with zero attached hydrogens (tertiary/aromatic N) is 3. The fourth-order valence-corrected chi connectivity index (χ4v) is 3.77. The largest absolute Gasteiger partial charge is 0.349 e. The highest BCUT2D eigenvalue weighted by molar-refractivity contribution is 7.18. The monoisotopic (exact) mass is 355 g/mol. The third kappa shape index (κ3) is 3.64. The second-order valence-corrected chi connectivity index (χ2v) is 7.34. The van der Waals surface area contributed by atoms with Gasteiger partial charge in [-0.3, -0.25) is 14.2 Å². The topological polar surface area (TPSA) is 55.2 Å². The van der Waals surface area contributed by atoms with Gasteiger partial charge in [0.2, 0.25) is 5.91 Å². The van der Waals surface area contributed by atoms with Crippen LogP contribution in [0.15, 0.2) is 47.5 Å². The fraction of sp³-hybridized carbons (Fsp3) is 0.316. The Balaban J connectivity index is 1.89. The maximum absolute atomic E-state index is 12.7. The van der Waals surface area contributed by atoms with Crippen LogP contribution in [0, 0.1) is 0 Å². The van der Waals surface area contributed by atoms with Gasteiger partial charge in [0.25, 0.3) is 5.56 Å². The lowest BCUT2D eigenvalue weighted by molar-refractivity contribution is -0.128. The van der Waals surface area contributed by atoms with Gasteiger partial charge in [-0.15, -0.1) is 11.3 Å². The number of aromatic nitrogens is 2. The first-order valence-electron chi connectivity index (χ1n) is 8.21. The number of rotatable bonds is 5. The van der Waals surface area contributed by atoms with Crippen LogP contribution in [0.5, 0.6) is 0 Å². The minimum Gasteiger partial charge on any atom is -0.349 e. The van der Waals surface area contributed by atoms with Crippen LogP contribution >= 0.6 is 11.3 Å². The zero-order valence-electron chi connectivity index (χ0n) is 14.6. The summed E-state index contributed by atoms with van der Waals surface area (Å²) in [6.07, 6.45) is 1.83. The number of carbonyl (C=O) groups is 1. The second-order valence-electron chi connectivity index (χ2n) is 6.28. The van der Waals surface area contributed by atoms with Gasteiger partial charge in [-0.25, -0.2) is 4.98 Å². The summed E-state index contributed by atoms with van der Waals surface area (Å²) in [5, 5.41) is 0.627. The summed E-state index contributed by atoms with van der Waals surface area (Å²) in [4.78, 5) is 32.2. The number of amides is 1. The number of aryl methyl sites for hydroxylation is 1. The van der Waals surface area contributed by atoms with Crippen molar-refractivity contribution in [2.24, 2.45) is 0 Å². The molecule has 0 saturated carbocycles. The van der Waals surface area contributed by atoms with E-state index in [4.69, 9.17) is 0 Å². The van der Waals surface area contributed by atoms with E-state index in [0.29, 0.717) is 11.9 Å². The van der Waals surface area contributed by atoms with Crippen molar-refractivity contribution in [2.75, 3.05) is 14.1 Å². The fourth-order valence-electron chi connectivity index (χ4n) is 2.70. The summed E-state index contributed by atoms with van der Waals surface area (Å²) in [7, 11) is 3.42. The molecule has 1 aromatic carbocycles. The molecule has 0 spiro atoms. The third-order valence-electron chi connectivity index (χ3n) is 4.33. The molecule has 0 saturated heterocycles. The van der Waals surface area contributed by atoms with Gasteiger partial charge >= 0.3 is 0 Å². The van der Waals surface area contributed by atoms with Gasteiger partial charge in [0, 0.05) is 37.9 Å². The van der Waals surface area contributed by atoms with Crippen molar-refractivity contribution in [1.29, 1.82) is 0 Å². The molecule has 3 rings (SSSR count). The average molecular weight is 355 g/mol. The number of fused-ring (bicyclic) bond motifs is 1. The second kappa shape index (κ2) is 7.19. The number of thiophene rings is 1. The molecule has 0 aliphatic rings. The number of benzene rings is 1. The predicted octanol–water partition coefficient (Wildman–Crippen LogP) is 3.09. The van der Waals surface area contributed by atoms with Crippen LogP contribution in [-0.2, 0) is 11.3 Å². The minimum absolute atomic E-state index is 0.00398. The lowest BCUT2D eigenvalue weighted by atomic mass is 10.00. The third-order valence-corrected chi connectivity index (χ3v) is 5.55. The lowest BCUT2D eigenvalue weighted by Gasteiger charge is -2.10. The Morgan fingerprint density at radius 1 is 1.28 bits per heavy atom. The Morgan fingerprint density at radius 2 is 2.00 bits per heavy atom. The Bertz CT molecular complexity index is 944. The molecule has 6 heteroatoms. The van der Waals surface area contributed by atoms with Crippen molar-refractivity contribution in [1.82, 2.24) is 14.5 Å². The molecule has 5 nitrogen and oxygen atoms in total. The van der Waals surface area contributed by atoms with Crippen molar-refractivity contribution < 1.29 is 4.79 Å². The molecule has 0 aliphatic heterocycles. The zero-order chi connectivity index (χ0) is 18.0. The highest BCUT2D eigenvalue weighted by Gasteiger charge is 2.15. The predicted molar refractivity (Wildman–Crippen MR) is 101 cm³/mol. The molecule has 2 heterocycles. The van der Waals surface area contributed by atoms with Crippen LogP contribution in [0.1, 0.15) is 29.7 Å². The summed E-state index contributed by atoms with van der Waals surface area (Å²) in [5.74, 6) is 0.208. The molecule has 0 aliphatic carbocycles. The Labute approximate surface area is 150 Å². The summed E-state index contributed by atoms with van der Waals surface area (Å²) in [5.41, 5.74) is 1.13. The molecule has 0 bridgehead atoms. The van der Waals surface area contributed by atoms with Crippen LogP contribution in [-0.4, -0.2) is 34.5 Å². The molecule has 0 unspecified atom stereocenters. The van der Waals surface area contributed by atoms with Gasteiger partial charge in [-0.1, -0.05) is 37.3 Å². The molecule has 1 atom stereocenters. The average Bonchev–Trinajstić information content (AvgIpc) is 3.06. The van der Waals surface area contributed by atoms with E-state index in [0.717, 1.165) is 9.71 Å². The van der Waals surface area contributed by atoms with Gasteiger partial charge in [0.15, 0.2) is 0 Å². The van der Waals surface area contributed by atoms with Crippen molar-refractivity contribution in [3.8, 4) is 0 Å².